The summed E-state index contributed by atoms with van der Waals surface area (Å²) in [6, 6.07) is 3.67. The first kappa shape index (κ1) is 10.3. The van der Waals surface area contributed by atoms with E-state index < -0.39 is 0 Å². The number of aromatic nitrogens is 1. The Morgan fingerprint density at radius 1 is 1.47 bits per heavy atom. The lowest BCUT2D eigenvalue weighted by molar-refractivity contribution is 0.0762. The summed E-state index contributed by atoms with van der Waals surface area (Å²) in [6.45, 7) is 3.92. The Balaban J connectivity index is 2.20. The van der Waals surface area contributed by atoms with Crippen molar-refractivity contribution in [3.05, 3.63) is 30.1 Å². The van der Waals surface area contributed by atoms with Crippen molar-refractivity contribution < 1.29 is 4.79 Å². The van der Waals surface area contributed by atoms with Crippen molar-refractivity contribution in [1.29, 1.82) is 0 Å². The monoisotopic (exact) mass is 204 g/mol. The lowest BCUT2D eigenvalue weighted by Gasteiger charge is -2.32. The van der Waals surface area contributed by atoms with Crippen LogP contribution in [0.1, 0.15) is 30.1 Å². The molecule has 0 atom stereocenters. The van der Waals surface area contributed by atoms with Gasteiger partial charge in [0.25, 0.3) is 0 Å². The van der Waals surface area contributed by atoms with Gasteiger partial charge in [0.05, 0.1) is 0 Å². The van der Waals surface area contributed by atoms with Crippen LogP contribution in [0, 0.1) is 5.41 Å². The van der Waals surface area contributed by atoms with E-state index in [-0.39, 0.29) is 11.2 Å². The lowest BCUT2D eigenvalue weighted by atomic mass is 9.75. The summed E-state index contributed by atoms with van der Waals surface area (Å²) in [6.07, 6.45) is 5.19. The molecule has 0 unspecified atom stereocenters. The summed E-state index contributed by atoms with van der Waals surface area (Å²) in [5.41, 5.74) is 0.538. The highest BCUT2D eigenvalue weighted by molar-refractivity contribution is 6.00. The summed E-state index contributed by atoms with van der Waals surface area (Å²) >= 11 is 0. The number of Topliss-reactive ketones (excluding diaryl/α,β-unsaturated/α-hetero) is 1. The highest BCUT2D eigenvalue weighted by Crippen LogP contribution is 2.31. The van der Waals surface area contributed by atoms with E-state index in [1.165, 1.54) is 0 Å². The number of hydrogen-bond donors (Lipinski definition) is 1. The number of carbonyl (C=O) groups excluding carboxylic acids is 1. The van der Waals surface area contributed by atoms with Gasteiger partial charge in [0.2, 0.25) is 0 Å². The van der Waals surface area contributed by atoms with E-state index in [9.17, 15) is 4.79 Å². The van der Waals surface area contributed by atoms with Gasteiger partial charge in [-0.1, -0.05) is 6.92 Å². The molecule has 1 fully saturated rings. The zero-order valence-electron chi connectivity index (χ0n) is 8.99. The number of nitrogens with one attached hydrogen (secondary N) is 1. The fraction of sp³-hybridized carbons (Fsp3) is 0.500. The molecule has 2 heterocycles. The van der Waals surface area contributed by atoms with Gasteiger partial charge in [-0.15, -0.1) is 0 Å². The Bertz CT molecular complexity index is 342. The number of pyridine rings is 1. The summed E-state index contributed by atoms with van der Waals surface area (Å²) in [7, 11) is 0. The largest absolute Gasteiger partial charge is 0.317 e. The van der Waals surface area contributed by atoms with Gasteiger partial charge in [-0.25, -0.2) is 0 Å². The van der Waals surface area contributed by atoms with E-state index in [2.05, 4.69) is 17.2 Å². The lowest BCUT2D eigenvalue weighted by Crippen LogP contribution is -2.40. The van der Waals surface area contributed by atoms with E-state index in [0.29, 0.717) is 0 Å². The third kappa shape index (κ3) is 2.07. The third-order valence-electron chi connectivity index (χ3n) is 3.18. The minimum atomic E-state index is -0.200. The SMILES string of the molecule is CC1(C(=O)c2cccnc2)CCNCC1. The average molecular weight is 204 g/mol. The third-order valence-corrected chi connectivity index (χ3v) is 3.18. The maximum atomic E-state index is 12.3. The van der Waals surface area contributed by atoms with Crippen molar-refractivity contribution in [2.24, 2.45) is 5.41 Å². The van der Waals surface area contributed by atoms with Crippen LogP contribution in [0.5, 0.6) is 0 Å². The molecule has 15 heavy (non-hydrogen) atoms. The summed E-state index contributed by atoms with van der Waals surface area (Å²) < 4.78 is 0. The smallest absolute Gasteiger partial charge is 0.170 e. The maximum Gasteiger partial charge on any atom is 0.170 e. The van der Waals surface area contributed by atoms with Crippen LogP contribution in [0.25, 0.3) is 0 Å². The van der Waals surface area contributed by atoms with Crippen molar-refractivity contribution in [2.75, 3.05) is 13.1 Å². The molecule has 0 spiro atoms. The molecule has 0 amide bonds. The second-order valence-corrected chi connectivity index (χ2v) is 4.38. The van der Waals surface area contributed by atoms with Crippen LogP contribution in [-0.4, -0.2) is 23.9 Å². The Morgan fingerprint density at radius 2 is 2.20 bits per heavy atom. The minimum Gasteiger partial charge on any atom is -0.317 e. The summed E-state index contributed by atoms with van der Waals surface area (Å²) in [5.74, 6) is 0.233. The molecule has 80 valence electrons. The van der Waals surface area contributed by atoms with E-state index in [1.807, 2.05) is 12.1 Å². The van der Waals surface area contributed by atoms with Gasteiger partial charge < -0.3 is 5.32 Å². The summed E-state index contributed by atoms with van der Waals surface area (Å²) in [4.78, 5) is 16.2. The first-order valence-electron chi connectivity index (χ1n) is 5.38. The molecule has 1 aromatic rings. The second kappa shape index (κ2) is 4.11. The molecule has 1 N–H and O–H groups in total. The Labute approximate surface area is 89.9 Å². The molecule has 3 nitrogen and oxygen atoms in total. The average Bonchev–Trinajstić information content (AvgIpc) is 2.30. The number of carbonyl (C=O) groups is 1. The molecule has 1 aliphatic heterocycles. The molecule has 0 saturated carbocycles. The minimum absolute atomic E-state index is 0.200. The number of nitrogens with zero attached hydrogens (tertiary/aromatic N) is 1. The number of piperidine rings is 1. The Kier molecular flexibility index (Phi) is 2.82. The van der Waals surface area contributed by atoms with E-state index >= 15 is 0 Å². The van der Waals surface area contributed by atoms with Crippen LogP contribution in [0.2, 0.25) is 0 Å². The highest BCUT2D eigenvalue weighted by Gasteiger charge is 2.34. The second-order valence-electron chi connectivity index (χ2n) is 4.38. The van der Waals surface area contributed by atoms with Crippen LogP contribution in [-0.2, 0) is 0 Å². The molecule has 0 bridgehead atoms. The molecule has 2 rings (SSSR count). The van der Waals surface area contributed by atoms with Gasteiger partial charge in [-0.3, -0.25) is 9.78 Å². The molecule has 0 aliphatic carbocycles. The van der Waals surface area contributed by atoms with Crippen LogP contribution in [0.3, 0.4) is 0 Å². The van der Waals surface area contributed by atoms with E-state index in [1.54, 1.807) is 12.4 Å². The van der Waals surface area contributed by atoms with Gasteiger partial charge in [0.15, 0.2) is 5.78 Å². The van der Waals surface area contributed by atoms with Crippen molar-refractivity contribution in [1.82, 2.24) is 10.3 Å². The molecule has 1 aromatic heterocycles. The number of ketones is 1. The van der Waals surface area contributed by atoms with Crippen LogP contribution < -0.4 is 5.32 Å². The Hall–Kier alpha value is -1.22. The zero-order valence-corrected chi connectivity index (χ0v) is 8.99. The quantitative estimate of drug-likeness (QED) is 0.745. The first-order chi connectivity index (χ1) is 7.22. The van der Waals surface area contributed by atoms with Crippen molar-refractivity contribution >= 4 is 5.78 Å². The maximum absolute atomic E-state index is 12.3. The fourth-order valence-corrected chi connectivity index (χ4v) is 2.05. The van der Waals surface area contributed by atoms with Gasteiger partial charge >= 0.3 is 0 Å². The molecular weight excluding hydrogens is 188 g/mol. The van der Waals surface area contributed by atoms with Crippen molar-refractivity contribution in [3.63, 3.8) is 0 Å². The molecule has 0 radical (unpaired) electrons. The van der Waals surface area contributed by atoms with E-state index in [0.717, 1.165) is 31.5 Å². The molecular formula is C12H16N2O. The number of rotatable bonds is 2. The zero-order chi connectivity index (χ0) is 10.7. The highest BCUT2D eigenvalue weighted by atomic mass is 16.1. The molecule has 0 aromatic carbocycles. The van der Waals surface area contributed by atoms with Gasteiger partial charge in [-0.05, 0) is 38.1 Å². The molecule has 1 saturated heterocycles. The standard InChI is InChI=1S/C12H16N2O/c1-12(4-7-13-8-5-12)11(15)10-3-2-6-14-9-10/h2-3,6,9,13H,4-5,7-8H2,1H3. The van der Waals surface area contributed by atoms with E-state index in [4.69, 9.17) is 0 Å². The van der Waals surface area contributed by atoms with Gasteiger partial charge in [0, 0.05) is 23.4 Å². The molecule has 1 aliphatic rings. The van der Waals surface area contributed by atoms with Crippen molar-refractivity contribution in [3.8, 4) is 0 Å². The predicted molar refractivity (Wildman–Crippen MR) is 58.8 cm³/mol. The topological polar surface area (TPSA) is 42.0 Å². The number of hydrogen-bond acceptors (Lipinski definition) is 3. The molecule has 3 heteroatoms. The van der Waals surface area contributed by atoms with Crippen molar-refractivity contribution in [2.45, 2.75) is 19.8 Å². The normalized spacial score (nSPS) is 19.8. The van der Waals surface area contributed by atoms with Crippen LogP contribution >= 0.6 is 0 Å². The predicted octanol–water partition coefficient (Wildman–Crippen LogP) is 1.65. The fourth-order valence-electron chi connectivity index (χ4n) is 2.05. The van der Waals surface area contributed by atoms with Gasteiger partial charge in [-0.2, -0.15) is 0 Å². The first-order valence-corrected chi connectivity index (χ1v) is 5.38. The van der Waals surface area contributed by atoms with Crippen LogP contribution in [0.4, 0.5) is 0 Å². The van der Waals surface area contributed by atoms with Gasteiger partial charge in [0.1, 0.15) is 0 Å². The summed E-state index contributed by atoms with van der Waals surface area (Å²) in [5, 5.41) is 3.28. The Morgan fingerprint density at radius 3 is 2.80 bits per heavy atom. The van der Waals surface area contributed by atoms with Crippen LogP contribution in [0.15, 0.2) is 24.5 Å².